The van der Waals surface area contributed by atoms with Gasteiger partial charge in [0.1, 0.15) is 0 Å². The Hall–Kier alpha value is -0.120. The molecule has 1 heterocycles. The van der Waals surface area contributed by atoms with Gasteiger partial charge >= 0.3 is 0 Å². The third-order valence-corrected chi connectivity index (χ3v) is 3.62. The van der Waals surface area contributed by atoms with Crippen molar-refractivity contribution >= 4 is 29.9 Å². The van der Waals surface area contributed by atoms with Crippen LogP contribution in [-0.2, 0) is 9.47 Å². The number of rotatable bonds is 9. The van der Waals surface area contributed by atoms with E-state index >= 15 is 0 Å². The zero-order valence-electron chi connectivity index (χ0n) is 15.1. The molecule has 2 atom stereocenters. The summed E-state index contributed by atoms with van der Waals surface area (Å²) in [6.07, 6.45) is 2.80. The van der Waals surface area contributed by atoms with Crippen molar-refractivity contribution in [2.24, 2.45) is 4.99 Å². The summed E-state index contributed by atoms with van der Waals surface area (Å²) in [7, 11) is 1.81. The molecule has 1 saturated heterocycles. The number of morpholine rings is 1. The lowest BCUT2D eigenvalue weighted by molar-refractivity contribution is -0.0679. The van der Waals surface area contributed by atoms with Gasteiger partial charge in [0.05, 0.1) is 12.2 Å². The van der Waals surface area contributed by atoms with Crippen LogP contribution in [0.15, 0.2) is 4.99 Å². The lowest BCUT2D eigenvalue weighted by atomic mass is 10.2. The number of aliphatic imine (C=N–C) groups is 1. The monoisotopic (exact) mass is 442 g/mol. The van der Waals surface area contributed by atoms with Crippen LogP contribution >= 0.6 is 24.0 Å². The fraction of sp³-hybridized carbons (Fsp3) is 0.938. The number of guanidine groups is 1. The highest BCUT2D eigenvalue weighted by Gasteiger charge is 2.21. The van der Waals surface area contributed by atoms with Crippen molar-refractivity contribution in [3.05, 3.63) is 0 Å². The lowest BCUT2D eigenvalue weighted by Crippen LogP contribution is -2.46. The largest absolute Gasteiger partial charge is 0.382 e. The Morgan fingerprint density at radius 1 is 1.17 bits per heavy atom. The van der Waals surface area contributed by atoms with Crippen molar-refractivity contribution in [2.45, 2.75) is 45.8 Å². The molecule has 0 aromatic carbocycles. The SMILES string of the molecule is CCOCCCNC(=NC)NCCCN1CC(C)OC(C)C1.I. The Labute approximate surface area is 158 Å². The van der Waals surface area contributed by atoms with Gasteiger partial charge in [0.15, 0.2) is 5.96 Å². The first-order valence-corrected chi connectivity index (χ1v) is 8.55. The molecule has 23 heavy (non-hydrogen) atoms. The minimum Gasteiger partial charge on any atom is -0.382 e. The summed E-state index contributed by atoms with van der Waals surface area (Å²) in [6, 6.07) is 0. The number of hydrogen-bond acceptors (Lipinski definition) is 4. The maximum absolute atomic E-state index is 5.75. The van der Waals surface area contributed by atoms with Crippen LogP contribution in [-0.4, -0.2) is 76.1 Å². The summed E-state index contributed by atoms with van der Waals surface area (Å²) >= 11 is 0. The molecular weight excluding hydrogens is 407 g/mol. The highest BCUT2D eigenvalue weighted by atomic mass is 127. The van der Waals surface area contributed by atoms with Crippen LogP contribution < -0.4 is 10.6 Å². The first kappa shape index (κ1) is 22.9. The van der Waals surface area contributed by atoms with Gasteiger partial charge in [0, 0.05) is 53.0 Å². The van der Waals surface area contributed by atoms with Gasteiger partial charge in [-0.25, -0.2) is 0 Å². The van der Waals surface area contributed by atoms with Gasteiger partial charge in [0.25, 0.3) is 0 Å². The molecule has 6 nitrogen and oxygen atoms in total. The maximum atomic E-state index is 5.75. The minimum absolute atomic E-state index is 0. The highest BCUT2D eigenvalue weighted by molar-refractivity contribution is 14.0. The van der Waals surface area contributed by atoms with Crippen molar-refractivity contribution in [1.82, 2.24) is 15.5 Å². The normalized spacial score (nSPS) is 22.5. The molecule has 2 unspecified atom stereocenters. The standard InChI is InChI=1S/C16H34N4O2.HI/c1-5-21-11-7-9-19-16(17-4)18-8-6-10-20-12-14(2)22-15(3)13-20;/h14-15H,5-13H2,1-4H3,(H2,17,18,19);1H. The molecule has 0 radical (unpaired) electrons. The number of nitrogens with zero attached hydrogens (tertiary/aromatic N) is 2. The molecular formula is C16H35IN4O2. The Bertz CT molecular complexity index is 308. The molecule has 0 spiro atoms. The Kier molecular flexibility index (Phi) is 14.2. The summed E-state index contributed by atoms with van der Waals surface area (Å²) in [6.45, 7) is 12.9. The third-order valence-electron chi connectivity index (χ3n) is 3.62. The van der Waals surface area contributed by atoms with E-state index in [1.165, 1.54) is 0 Å². The van der Waals surface area contributed by atoms with E-state index in [9.17, 15) is 0 Å². The van der Waals surface area contributed by atoms with E-state index in [1.807, 2.05) is 14.0 Å². The molecule has 0 aromatic rings. The minimum atomic E-state index is 0. The second kappa shape index (κ2) is 14.2. The number of nitrogens with one attached hydrogen (secondary N) is 2. The van der Waals surface area contributed by atoms with Crippen LogP contribution in [0.3, 0.4) is 0 Å². The summed E-state index contributed by atoms with van der Waals surface area (Å²) in [5.74, 6) is 0.875. The second-order valence-corrected chi connectivity index (χ2v) is 5.85. The average molecular weight is 442 g/mol. The number of hydrogen-bond donors (Lipinski definition) is 2. The third kappa shape index (κ3) is 11.1. The van der Waals surface area contributed by atoms with E-state index in [-0.39, 0.29) is 24.0 Å². The summed E-state index contributed by atoms with van der Waals surface area (Å²) in [5.41, 5.74) is 0. The summed E-state index contributed by atoms with van der Waals surface area (Å²) in [4.78, 5) is 6.72. The van der Waals surface area contributed by atoms with E-state index < -0.39 is 0 Å². The van der Waals surface area contributed by atoms with Gasteiger partial charge in [-0.3, -0.25) is 9.89 Å². The topological polar surface area (TPSA) is 58.1 Å². The average Bonchev–Trinajstić information content (AvgIpc) is 2.48. The summed E-state index contributed by atoms with van der Waals surface area (Å²) in [5, 5.41) is 6.67. The first-order valence-electron chi connectivity index (χ1n) is 8.55. The van der Waals surface area contributed by atoms with Gasteiger partial charge in [0.2, 0.25) is 0 Å². The molecule has 1 rings (SSSR count). The molecule has 1 fully saturated rings. The molecule has 0 amide bonds. The quantitative estimate of drug-likeness (QED) is 0.247. The maximum Gasteiger partial charge on any atom is 0.190 e. The molecule has 0 aromatic heterocycles. The van der Waals surface area contributed by atoms with E-state index in [1.54, 1.807) is 0 Å². The van der Waals surface area contributed by atoms with Gasteiger partial charge in [-0.1, -0.05) is 0 Å². The van der Waals surface area contributed by atoms with E-state index in [0.717, 1.165) is 64.7 Å². The Morgan fingerprint density at radius 3 is 2.35 bits per heavy atom. The van der Waals surface area contributed by atoms with Crippen LogP contribution in [0.25, 0.3) is 0 Å². The molecule has 0 bridgehead atoms. The van der Waals surface area contributed by atoms with Crippen LogP contribution in [0.2, 0.25) is 0 Å². The fourth-order valence-corrected chi connectivity index (χ4v) is 2.72. The van der Waals surface area contributed by atoms with Gasteiger partial charge in [-0.05, 0) is 33.6 Å². The van der Waals surface area contributed by atoms with E-state index in [0.29, 0.717) is 12.2 Å². The lowest BCUT2D eigenvalue weighted by Gasteiger charge is -2.35. The fourth-order valence-electron chi connectivity index (χ4n) is 2.72. The molecule has 1 aliphatic heterocycles. The Morgan fingerprint density at radius 2 is 1.78 bits per heavy atom. The smallest absolute Gasteiger partial charge is 0.190 e. The molecule has 0 aliphatic carbocycles. The number of ether oxygens (including phenoxy) is 2. The van der Waals surface area contributed by atoms with Crippen molar-refractivity contribution in [2.75, 3.05) is 53.0 Å². The van der Waals surface area contributed by atoms with Crippen LogP contribution in [0.5, 0.6) is 0 Å². The second-order valence-electron chi connectivity index (χ2n) is 5.85. The molecule has 7 heteroatoms. The predicted octanol–water partition coefficient (Wildman–Crippen LogP) is 1.70. The highest BCUT2D eigenvalue weighted by Crippen LogP contribution is 2.10. The van der Waals surface area contributed by atoms with Crippen molar-refractivity contribution < 1.29 is 9.47 Å². The summed E-state index contributed by atoms with van der Waals surface area (Å²) < 4.78 is 11.1. The molecule has 1 aliphatic rings. The van der Waals surface area contributed by atoms with Crippen LogP contribution in [0.4, 0.5) is 0 Å². The van der Waals surface area contributed by atoms with Crippen molar-refractivity contribution in [3.63, 3.8) is 0 Å². The number of halogens is 1. The first-order chi connectivity index (χ1) is 10.7. The molecule has 2 N–H and O–H groups in total. The van der Waals surface area contributed by atoms with Gasteiger partial charge in [-0.2, -0.15) is 0 Å². The van der Waals surface area contributed by atoms with Crippen molar-refractivity contribution in [1.29, 1.82) is 0 Å². The zero-order chi connectivity index (χ0) is 16.2. The predicted molar refractivity (Wildman–Crippen MR) is 107 cm³/mol. The van der Waals surface area contributed by atoms with Crippen molar-refractivity contribution in [3.8, 4) is 0 Å². The molecule has 0 saturated carbocycles. The van der Waals surface area contributed by atoms with E-state index in [4.69, 9.17) is 9.47 Å². The van der Waals surface area contributed by atoms with Gasteiger partial charge < -0.3 is 20.1 Å². The van der Waals surface area contributed by atoms with E-state index in [2.05, 4.69) is 34.4 Å². The Balaban J connectivity index is 0.00000484. The zero-order valence-corrected chi connectivity index (χ0v) is 17.5. The van der Waals surface area contributed by atoms with Gasteiger partial charge in [-0.15, -0.1) is 24.0 Å². The van der Waals surface area contributed by atoms with Crippen LogP contribution in [0, 0.1) is 0 Å². The molecule has 138 valence electrons. The van der Waals surface area contributed by atoms with Crippen LogP contribution in [0.1, 0.15) is 33.6 Å².